The number of hydrogen-bond donors (Lipinski definition) is 0. The van der Waals surface area contributed by atoms with Gasteiger partial charge in [0.25, 0.3) is 0 Å². The maximum absolute atomic E-state index is 10.5. The Kier molecular flexibility index (Phi) is 4.97. The molecular weight excluding hydrogens is 172 g/mol. The molecule has 76 valence electrons. The van der Waals surface area contributed by atoms with E-state index in [-0.39, 0.29) is 25.5 Å². The van der Waals surface area contributed by atoms with Crippen LogP contribution in [0.15, 0.2) is 0 Å². The summed E-state index contributed by atoms with van der Waals surface area (Å²) in [5, 5.41) is 0. The molecule has 1 unspecified atom stereocenters. The molecule has 1 fully saturated rings. The van der Waals surface area contributed by atoms with E-state index in [1.165, 1.54) is 6.92 Å². The number of carbonyl (C=O) groups is 1. The van der Waals surface area contributed by atoms with E-state index in [9.17, 15) is 4.79 Å². The molecule has 0 aromatic heterocycles. The number of hydrogen-bond acceptors (Lipinski definition) is 4. The van der Waals surface area contributed by atoms with Crippen LogP contribution in [0.5, 0.6) is 0 Å². The third kappa shape index (κ3) is 4.98. The fourth-order valence-corrected chi connectivity index (χ4v) is 1.15. The Hall–Kier alpha value is -0.450. The topological polar surface area (TPSA) is 44.8 Å². The van der Waals surface area contributed by atoms with Gasteiger partial charge in [0.1, 0.15) is 13.4 Å². The summed E-state index contributed by atoms with van der Waals surface area (Å²) < 4.78 is 15.5. The largest absolute Gasteiger partial charge is 0.353 e. The van der Waals surface area contributed by atoms with Crippen molar-refractivity contribution >= 4 is 5.78 Å². The number of rotatable bonds is 5. The monoisotopic (exact) mass is 188 g/mol. The first-order chi connectivity index (χ1) is 6.29. The zero-order valence-electron chi connectivity index (χ0n) is 7.95. The van der Waals surface area contributed by atoms with E-state index in [4.69, 9.17) is 14.2 Å². The van der Waals surface area contributed by atoms with Crippen LogP contribution in [0.1, 0.15) is 26.2 Å². The molecule has 0 saturated carbocycles. The summed E-state index contributed by atoms with van der Waals surface area (Å²) in [4.78, 5) is 10.5. The van der Waals surface area contributed by atoms with Gasteiger partial charge in [-0.25, -0.2) is 0 Å². The van der Waals surface area contributed by atoms with Crippen LogP contribution >= 0.6 is 0 Å². The van der Waals surface area contributed by atoms with Crippen LogP contribution in [0.4, 0.5) is 0 Å². The standard InChI is InChI=1S/C9H16O4/c1-8(10)6-11-7-13-9-4-2-3-5-12-9/h9H,2-7H2,1H3. The quantitative estimate of drug-likeness (QED) is 0.478. The van der Waals surface area contributed by atoms with Crippen molar-refractivity contribution in [1.29, 1.82) is 0 Å². The zero-order valence-corrected chi connectivity index (χ0v) is 7.95. The third-order valence-corrected chi connectivity index (χ3v) is 1.78. The molecule has 0 spiro atoms. The maximum Gasteiger partial charge on any atom is 0.160 e. The van der Waals surface area contributed by atoms with E-state index in [0.717, 1.165) is 25.9 Å². The molecule has 1 saturated heterocycles. The molecule has 0 aliphatic carbocycles. The summed E-state index contributed by atoms with van der Waals surface area (Å²) in [7, 11) is 0. The second kappa shape index (κ2) is 6.07. The maximum atomic E-state index is 10.5. The molecule has 0 aromatic carbocycles. The van der Waals surface area contributed by atoms with Crippen LogP contribution in [0.2, 0.25) is 0 Å². The fourth-order valence-electron chi connectivity index (χ4n) is 1.15. The van der Waals surface area contributed by atoms with Crippen molar-refractivity contribution in [3.05, 3.63) is 0 Å². The van der Waals surface area contributed by atoms with Gasteiger partial charge in [-0.15, -0.1) is 0 Å². The van der Waals surface area contributed by atoms with Crippen LogP contribution < -0.4 is 0 Å². The Balaban J connectivity index is 1.95. The summed E-state index contributed by atoms with van der Waals surface area (Å²) in [5.41, 5.74) is 0. The molecule has 0 bridgehead atoms. The fraction of sp³-hybridized carbons (Fsp3) is 0.889. The highest BCUT2D eigenvalue weighted by Gasteiger charge is 2.13. The van der Waals surface area contributed by atoms with Crippen molar-refractivity contribution < 1.29 is 19.0 Å². The minimum Gasteiger partial charge on any atom is -0.353 e. The van der Waals surface area contributed by atoms with E-state index in [1.807, 2.05) is 0 Å². The van der Waals surface area contributed by atoms with Gasteiger partial charge in [0.2, 0.25) is 0 Å². The molecule has 13 heavy (non-hydrogen) atoms. The average Bonchev–Trinajstić information content (AvgIpc) is 2.14. The van der Waals surface area contributed by atoms with Gasteiger partial charge < -0.3 is 14.2 Å². The molecule has 4 heteroatoms. The summed E-state index contributed by atoms with van der Waals surface area (Å²) in [5.74, 6) is 0.00756. The van der Waals surface area contributed by atoms with Crippen molar-refractivity contribution in [3.8, 4) is 0 Å². The molecule has 1 aliphatic heterocycles. The molecular formula is C9H16O4. The van der Waals surface area contributed by atoms with Crippen molar-refractivity contribution in [2.24, 2.45) is 0 Å². The van der Waals surface area contributed by atoms with E-state index in [1.54, 1.807) is 0 Å². The van der Waals surface area contributed by atoms with Gasteiger partial charge >= 0.3 is 0 Å². The number of ketones is 1. The Morgan fingerprint density at radius 2 is 2.38 bits per heavy atom. The lowest BCUT2D eigenvalue weighted by atomic mass is 10.2. The number of carbonyl (C=O) groups excluding carboxylic acids is 1. The van der Waals surface area contributed by atoms with Crippen LogP contribution in [-0.2, 0) is 19.0 Å². The predicted octanol–water partition coefficient (Wildman–Crippen LogP) is 1.09. The van der Waals surface area contributed by atoms with E-state index in [0.29, 0.717) is 0 Å². The van der Waals surface area contributed by atoms with Gasteiger partial charge in [-0.1, -0.05) is 0 Å². The van der Waals surface area contributed by atoms with E-state index >= 15 is 0 Å². The van der Waals surface area contributed by atoms with E-state index in [2.05, 4.69) is 0 Å². The van der Waals surface area contributed by atoms with Gasteiger partial charge in [-0.2, -0.15) is 0 Å². The summed E-state index contributed by atoms with van der Waals surface area (Å²) >= 11 is 0. The molecule has 1 atom stereocenters. The Labute approximate surface area is 78.2 Å². The van der Waals surface area contributed by atoms with Crippen molar-refractivity contribution in [2.45, 2.75) is 32.5 Å². The van der Waals surface area contributed by atoms with Gasteiger partial charge in [0.15, 0.2) is 12.1 Å². The van der Waals surface area contributed by atoms with Crippen molar-refractivity contribution in [2.75, 3.05) is 20.0 Å². The minimum absolute atomic E-state index is 0.00756. The highest BCUT2D eigenvalue weighted by Crippen LogP contribution is 2.13. The van der Waals surface area contributed by atoms with Crippen LogP contribution in [0.3, 0.4) is 0 Å². The first-order valence-electron chi connectivity index (χ1n) is 4.59. The normalized spacial score (nSPS) is 23.0. The predicted molar refractivity (Wildman–Crippen MR) is 46.2 cm³/mol. The lowest BCUT2D eigenvalue weighted by Gasteiger charge is -2.22. The molecule has 0 N–H and O–H groups in total. The highest BCUT2D eigenvalue weighted by molar-refractivity contribution is 5.76. The summed E-state index contributed by atoms with van der Waals surface area (Å²) in [6.45, 7) is 2.51. The number of Topliss-reactive ketones (excluding diaryl/α,β-unsaturated/α-hetero) is 1. The molecule has 1 heterocycles. The Morgan fingerprint density at radius 3 is 3.00 bits per heavy atom. The molecule has 4 nitrogen and oxygen atoms in total. The van der Waals surface area contributed by atoms with Gasteiger partial charge in [-0.3, -0.25) is 4.79 Å². The molecule has 0 amide bonds. The van der Waals surface area contributed by atoms with Gasteiger partial charge in [0, 0.05) is 6.61 Å². The molecule has 1 aliphatic rings. The molecule has 1 rings (SSSR count). The lowest BCUT2D eigenvalue weighted by molar-refractivity contribution is -0.208. The number of ether oxygens (including phenoxy) is 3. The summed E-state index contributed by atoms with van der Waals surface area (Å²) in [6.07, 6.45) is 3.02. The first-order valence-corrected chi connectivity index (χ1v) is 4.59. The molecule has 0 radical (unpaired) electrons. The smallest absolute Gasteiger partial charge is 0.160 e. The third-order valence-electron chi connectivity index (χ3n) is 1.78. The van der Waals surface area contributed by atoms with Crippen LogP contribution in [0, 0.1) is 0 Å². The zero-order chi connectivity index (χ0) is 9.52. The van der Waals surface area contributed by atoms with Gasteiger partial charge in [-0.05, 0) is 26.2 Å². The second-order valence-electron chi connectivity index (χ2n) is 3.13. The Bertz CT molecular complexity index is 152. The van der Waals surface area contributed by atoms with Crippen LogP contribution in [-0.4, -0.2) is 32.1 Å². The van der Waals surface area contributed by atoms with Gasteiger partial charge in [0.05, 0.1) is 0 Å². The minimum atomic E-state index is -0.138. The first kappa shape index (κ1) is 10.6. The van der Waals surface area contributed by atoms with Crippen molar-refractivity contribution in [3.63, 3.8) is 0 Å². The van der Waals surface area contributed by atoms with Crippen molar-refractivity contribution in [1.82, 2.24) is 0 Å². The average molecular weight is 188 g/mol. The SMILES string of the molecule is CC(=O)COCOC1CCCCO1. The molecule has 0 aromatic rings. The highest BCUT2D eigenvalue weighted by atomic mass is 16.7. The van der Waals surface area contributed by atoms with E-state index < -0.39 is 0 Å². The van der Waals surface area contributed by atoms with Crippen LogP contribution in [0.25, 0.3) is 0 Å². The second-order valence-corrected chi connectivity index (χ2v) is 3.13. The Morgan fingerprint density at radius 1 is 1.54 bits per heavy atom. The summed E-state index contributed by atoms with van der Waals surface area (Å²) in [6, 6.07) is 0. The lowest BCUT2D eigenvalue weighted by Crippen LogP contribution is -2.23.